The van der Waals surface area contributed by atoms with E-state index in [0.29, 0.717) is 11.8 Å². The fraction of sp³-hybridized carbons (Fsp3) is 0.647. The Morgan fingerprint density at radius 2 is 2.30 bits per heavy atom. The predicted octanol–water partition coefficient (Wildman–Crippen LogP) is 2.23. The second-order valence-electron chi connectivity index (χ2n) is 6.65. The third kappa shape index (κ3) is 3.82. The van der Waals surface area contributed by atoms with Gasteiger partial charge in [0, 0.05) is 44.6 Å². The number of aromatic nitrogens is 3. The Labute approximate surface area is 137 Å². The van der Waals surface area contributed by atoms with Crippen molar-refractivity contribution in [3.8, 4) is 0 Å². The molecule has 6 heteroatoms. The van der Waals surface area contributed by atoms with E-state index in [1.54, 1.807) is 13.3 Å². The van der Waals surface area contributed by atoms with Gasteiger partial charge in [0.15, 0.2) is 5.65 Å². The minimum atomic E-state index is 0.409. The highest BCUT2D eigenvalue weighted by Gasteiger charge is 2.22. The van der Waals surface area contributed by atoms with Crippen molar-refractivity contribution in [1.82, 2.24) is 19.5 Å². The first-order chi connectivity index (χ1) is 11.2. The van der Waals surface area contributed by atoms with Crippen LogP contribution in [0.5, 0.6) is 0 Å². The van der Waals surface area contributed by atoms with Gasteiger partial charge in [0.25, 0.3) is 0 Å². The highest BCUT2D eigenvalue weighted by molar-refractivity contribution is 5.49. The summed E-state index contributed by atoms with van der Waals surface area (Å²) in [6, 6.07) is 4.08. The Morgan fingerprint density at radius 1 is 1.43 bits per heavy atom. The van der Waals surface area contributed by atoms with Crippen LogP contribution < -0.4 is 5.32 Å². The summed E-state index contributed by atoms with van der Waals surface area (Å²) < 4.78 is 7.06. The van der Waals surface area contributed by atoms with Gasteiger partial charge in [-0.2, -0.15) is 9.61 Å². The molecule has 126 valence electrons. The topological polar surface area (TPSA) is 54.7 Å². The molecule has 1 aliphatic heterocycles. The van der Waals surface area contributed by atoms with Crippen LogP contribution >= 0.6 is 0 Å². The minimum Gasteiger partial charge on any atom is -0.383 e. The number of nitrogens with one attached hydrogen (secondary N) is 1. The maximum absolute atomic E-state index is 5.17. The molecule has 6 nitrogen and oxygen atoms in total. The van der Waals surface area contributed by atoms with Crippen LogP contribution in [0.25, 0.3) is 5.65 Å². The van der Waals surface area contributed by atoms with Crippen molar-refractivity contribution in [1.29, 1.82) is 0 Å². The third-order valence-corrected chi connectivity index (χ3v) is 4.52. The van der Waals surface area contributed by atoms with Crippen LogP contribution in [0, 0.1) is 5.92 Å². The second-order valence-corrected chi connectivity index (χ2v) is 6.65. The normalized spacial score (nSPS) is 19.0. The molecule has 0 spiro atoms. The van der Waals surface area contributed by atoms with Crippen molar-refractivity contribution in [3.05, 3.63) is 24.0 Å². The van der Waals surface area contributed by atoms with E-state index in [0.717, 1.165) is 43.4 Å². The summed E-state index contributed by atoms with van der Waals surface area (Å²) >= 11 is 0. The molecule has 23 heavy (non-hydrogen) atoms. The molecule has 0 amide bonds. The zero-order valence-electron chi connectivity index (χ0n) is 14.3. The van der Waals surface area contributed by atoms with E-state index in [-0.39, 0.29) is 0 Å². The highest BCUT2D eigenvalue weighted by atomic mass is 16.5. The molecule has 0 bridgehead atoms. The SMILES string of the molecule is COCCN1CCC(CNc2cc(C(C)C)nc3ccnn23)C1. The fourth-order valence-electron chi connectivity index (χ4n) is 3.11. The smallest absolute Gasteiger partial charge is 0.157 e. The lowest BCUT2D eigenvalue weighted by molar-refractivity contribution is 0.159. The molecule has 0 saturated carbocycles. The number of fused-ring (bicyclic) bond motifs is 1. The molecule has 3 rings (SSSR count). The molecule has 1 saturated heterocycles. The number of hydrogen-bond donors (Lipinski definition) is 1. The Balaban J connectivity index is 1.64. The molecule has 1 aliphatic rings. The van der Waals surface area contributed by atoms with Crippen molar-refractivity contribution in [2.45, 2.75) is 26.2 Å². The van der Waals surface area contributed by atoms with E-state index in [4.69, 9.17) is 4.74 Å². The van der Waals surface area contributed by atoms with Crippen molar-refractivity contribution < 1.29 is 4.74 Å². The average molecular weight is 317 g/mol. The number of ether oxygens (including phenoxy) is 1. The molecular formula is C17H27N5O. The zero-order chi connectivity index (χ0) is 16.2. The number of likely N-dealkylation sites (tertiary alicyclic amines) is 1. The Bertz CT molecular complexity index is 639. The largest absolute Gasteiger partial charge is 0.383 e. The third-order valence-electron chi connectivity index (χ3n) is 4.52. The Hall–Kier alpha value is -1.66. The summed E-state index contributed by atoms with van der Waals surface area (Å²) in [7, 11) is 1.76. The molecule has 3 heterocycles. The first-order valence-electron chi connectivity index (χ1n) is 8.47. The predicted molar refractivity (Wildman–Crippen MR) is 92.0 cm³/mol. The van der Waals surface area contributed by atoms with Crippen LogP contribution in [-0.4, -0.2) is 59.4 Å². The first kappa shape index (κ1) is 16.2. The Morgan fingerprint density at radius 3 is 3.09 bits per heavy atom. The lowest BCUT2D eigenvalue weighted by Crippen LogP contribution is -2.26. The number of nitrogens with zero attached hydrogens (tertiary/aromatic N) is 4. The van der Waals surface area contributed by atoms with Crippen molar-refractivity contribution >= 4 is 11.5 Å². The van der Waals surface area contributed by atoms with E-state index in [1.165, 1.54) is 13.0 Å². The Kier molecular flexibility index (Phi) is 5.13. The van der Waals surface area contributed by atoms with Gasteiger partial charge in [0.2, 0.25) is 0 Å². The average Bonchev–Trinajstić information content (AvgIpc) is 3.19. The lowest BCUT2D eigenvalue weighted by atomic mass is 10.1. The molecule has 0 aromatic carbocycles. The van der Waals surface area contributed by atoms with E-state index in [1.807, 2.05) is 10.6 Å². The van der Waals surface area contributed by atoms with Crippen molar-refractivity contribution in [2.75, 3.05) is 45.2 Å². The van der Waals surface area contributed by atoms with E-state index < -0.39 is 0 Å². The van der Waals surface area contributed by atoms with E-state index >= 15 is 0 Å². The van der Waals surface area contributed by atoms with Crippen LogP contribution in [0.2, 0.25) is 0 Å². The van der Waals surface area contributed by atoms with Gasteiger partial charge in [-0.25, -0.2) is 4.98 Å². The van der Waals surface area contributed by atoms with Crippen LogP contribution in [0.15, 0.2) is 18.3 Å². The summed E-state index contributed by atoms with van der Waals surface area (Å²) in [5.41, 5.74) is 2.01. The fourth-order valence-corrected chi connectivity index (χ4v) is 3.11. The molecule has 2 aromatic heterocycles. The summed E-state index contributed by atoms with van der Waals surface area (Å²) in [5.74, 6) is 2.12. The monoisotopic (exact) mass is 317 g/mol. The summed E-state index contributed by atoms with van der Waals surface area (Å²) in [6.07, 6.45) is 3.04. The van der Waals surface area contributed by atoms with Gasteiger partial charge in [-0.1, -0.05) is 13.8 Å². The standard InChI is InChI=1S/C17H27N5O/c1-13(2)15-10-17(22-16(20-15)4-6-19-22)18-11-14-5-7-21(12-14)8-9-23-3/h4,6,10,13-14,18H,5,7-9,11-12H2,1-3H3. The van der Waals surface area contributed by atoms with Gasteiger partial charge in [0.1, 0.15) is 5.82 Å². The molecule has 1 fully saturated rings. The molecule has 1 N–H and O–H groups in total. The maximum atomic E-state index is 5.17. The zero-order valence-corrected chi connectivity index (χ0v) is 14.3. The van der Waals surface area contributed by atoms with Crippen LogP contribution in [0.4, 0.5) is 5.82 Å². The quantitative estimate of drug-likeness (QED) is 0.849. The van der Waals surface area contributed by atoms with Crippen LogP contribution in [-0.2, 0) is 4.74 Å². The number of methoxy groups -OCH3 is 1. The van der Waals surface area contributed by atoms with Crippen LogP contribution in [0.1, 0.15) is 31.9 Å². The number of anilines is 1. The highest BCUT2D eigenvalue weighted by Crippen LogP contribution is 2.21. The summed E-state index contributed by atoms with van der Waals surface area (Å²) in [4.78, 5) is 7.14. The van der Waals surface area contributed by atoms with Crippen LogP contribution in [0.3, 0.4) is 0 Å². The number of hydrogen-bond acceptors (Lipinski definition) is 5. The molecule has 1 atom stereocenters. The number of rotatable bonds is 7. The van der Waals surface area contributed by atoms with Gasteiger partial charge >= 0.3 is 0 Å². The lowest BCUT2D eigenvalue weighted by Gasteiger charge is -2.17. The van der Waals surface area contributed by atoms with Gasteiger partial charge in [-0.3, -0.25) is 0 Å². The maximum Gasteiger partial charge on any atom is 0.157 e. The molecular weight excluding hydrogens is 290 g/mol. The van der Waals surface area contributed by atoms with Crippen molar-refractivity contribution in [2.24, 2.45) is 5.92 Å². The first-order valence-corrected chi connectivity index (χ1v) is 8.47. The molecule has 0 radical (unpaired) electrons. The van der Waals surface area contributed by atoms with Gasteiger partial charge < -0.3 is 15.0 Å². The molecule has 2 aromatic rings. The van der Waals surface area contributed by atoms with E-state index in [9.17, 15) is 0 Å². The van der Waals surface area contributed by atoms with E-state index in [2.05, 4.69) is 40.2 Å². The molecule has 0 aliphatic carbocycles. The van der Waals surface area contributed by atoms with Gasteiger partial charge in [-0.15, -0.1) is 0 Å². The van der Waals surface area contributed by atoms with Gasteiger partial charge in [0.05, 0.1) is 12.8 Å². The summed E-state index contributed by atoms with van der Waals surface area (Å²) in [5, 5.41) is 7.97. The molecule has 1 unspecified atom stereocenters. The summed E-state index contributed by atoms with van der Waals surface area (Å²) in [6.45, 7) is 9.47. The van der Waals surface area contributed by atoms with Crippen molar-refractivity contribution in [3.63, 3.8) is 0 Å². The van der Waals surface area contributed by atoms with Gasteiger partial charge in [-0.05, 0) is 24.8 Å². The minimum absolute atomic E-state index is 0.409. The second kappa shape index (κ2) is 7.27.